The van der Waals surface area contributed by atoms with Gasteiger partial charge in [-0.3, -0.25) is 4.79 Å². The van der Waals surface area contributed by atoms with E-state index in [1.807, 2.05) is 0 Å². The van der Waals surface area contributed by atoms with Crippen LogP contribution in [0, 0.1) is 11.6 Å². The second-order valence-corrected chi connectivity index (χ2v) is 4.37. The van der Waals surface area contributed by atoms with Crippen LogP contribution in [0.1, 0.15) is 16.1 Å². The summed E-state index contributed by atoms with van der Waals surface area (Å²) in [7, 11) is 1.52. The number of nitrogens with two attached hydrogens (primary N) is 1. The Hall–Kier alpha value is -2.50. The van der Waals surface area contributed by atoms with Crippen molar-refractivity contribution in [3.05, 3.63) is 59.4 Å². The monoisotopic (exact) mass is 277 g/mol. The summed E-state index contributed by atoms with van der Waals surface area (Å²) >= 11 is 0. The highest BCUT2D eigenvalue weighted by Gasteiger charge is 2.15. The Morgan fingerprint density at radius 2 is 2.05 bits per heavy atom. The first-order chi connectivity index (χ1) is 9.47. The third-order valence-corrected chi connectivity index (χ3v) is 2.77. The van der Waals surface area contributed by atoms with Gasteiger partial charge in [0.2, 0.25) is 0 Å². The van der Waals surface area contributed by atoms with Gasteiger partial charge < -0.3 is 10.6 Å². The van der Waals surface area contributed by atoms with Gasteiger partial charge in [-0.05, 0) is 18.2 Å². The molecule has 0 aliphatic rings. The van der Waals surface area contributed by atoms with Gasteiger partial charge >= 0.3 is 0 Å². The molecule has 0 aliphatic heterocycles. The second kappa shape index (κ2) is 5.64. The summed E-state index contributed by atoms with van der Waals surface area (Å²) < 4.78 is 26.3. The number of hydrogen-bond donors (Lipinski definition) is 1. The molecule has 0 atom stereocenters. The molecule has 1 amide bonds. The van der Waals surface area contributed by atoms with Crippen LogP contribution in [-0.4, -0.2) is 22.8 Å². The third-order valence-electron chi connectivity index (χ3n) is 2.77. The van der Waals surface area contributed by atoms with E-state index in [-0.39, 0.29) is 23.7 Å². The number of amides is 1. The molecule has 0 radical (unpaired) electrons. The SMILES string of the molecule is CN(Cc1ccc(F)cc1F)C(=O)c1ccc(N)cn1. The number of halogens is 2. The van der Waals surface area contributed by atoms with E-state index in [2.05, 4.69) is 4.98 Å². The number of carbonyl (C=O) groups is 1. The number of anilines is 1. The molecule has 1 aromatic heterocycles. The summed E-state index contributed by atoms with van der Waals surface area (Å²) in [5.41, 5.74) is 6.39. The Balaban J connectivity index is 2.13. The summed E-state index contributed by atoms with van der Waals surface area (Å²) in [4.78, 5) is 17.3. The molecule has 6 heteroatoms. The van der Waals surface area contributed by atoms with Crippen LogP contribution in [0.2, 0.25) is 0 Å². The lowest BCUT2D eigenvalue weighted by Crippen LogP contribution is -2.27. The van der Waals surface area contributed by atoms with Crippen LogP contribution in [0.25, 0.3) is 0 Å². The highest BCUT2D eigenvalue weighted by Crippen LogP contribution is 2.13. The smallest absolute Gasteiger partial charge is 0.272 e. The molecule has 2 aromatic rings. The molecule has 1 heterocycles. The molecule has 0 bridgehead atoms. The van der Waals surface area contributed by atoms with Crippen LogP contribution in [0.15, 0.2) is 36.5 Å². The van der Waals surface area contributed by atoms with Crippen molar-refractivity contribution >= 4 is 11.6 Å². The van der Waals surface area contributed by atoms with E-state index in [0.29, 0.717) is 5.69 Å². The standard InChI is InChI=1S/C14H13F2N3O/c1-19(8-9-2-3-10(15)6-12(9)16)14(20)13-5-4-11(17)7-18-13/h2-7H,8,17H2,1H3. The third kappa shape index (κ3) is 3.09. The normalized spacial score (nSPS) is 10.3. The van der Waals surface area contributed by atoms with E-state index < -0.39 is 11.6 Å². The van der Waals surface area contributed by atoms with Crippen molar-refractivity contribution in [2.24, 2.45) is 0 Å². The molecule has 20 heavy (non-hydrogen) atoms. The fraction of sp³-hybridized carbons (Fsp3) is 0.143. The number of pyridine rings is 1. The summed E-state index contributed by atoms with van der Waals surface area (Å²) in [5, 5.41) is 0. The number of carbonyl (C=O) groups excluding carboxylic acids is 1. The maximum absolute atomic E-state index is 13.5. The van der Waals surface area contributed by atoms with E-state index in [1.54, 1.807) is 6.07 Å². The Labute approximate surface area is 114 Å². The van der Waals surface area contributed by atoms with Crippen molar-refractivity contribution < 1.29 is 13.6 Å². The molecular weight excluding hydrogens is 264 g/mol. The molecule has 4 nitrogen and oxygen atoms in total. The van der Waals surface area contributed by atoms with Crippen molar-refractivity contribution in [3.8, 4) is 0 Å². The van der Waals surface area contributed by atoms with Crippen LogP contribution in [0.5, 0.6) is 0 Å². The quantitative estimate of drug-likeness (QED) is 0.935. The minimum absolute atomic E-state index is 0.0248. The first-order valence-corrected chi connectivity index (χ1v) is 5.88. The highest BCUT2D eigenvalue weighted by molar-refractivity contribution is 5.92. The van der Waals surface area contributed by atoms with Crippen molar-refractivity contribution in [1.82, 2.24) is 9.88 Å². The molecular formula is C14H13F2N3O. The molecule has 0 aliphatic carbocycles. The van der Waals surface area contributed by atoms with Gasteiger partial charge in [-0.1, -0.05) is 6.07 Å². The Bertz CT molecular complexity index is 629. The van der Waals surface area contributed by atoms with Crippen molar-refractivity contribution in [3.63, 3.8) is 0 Å². The Morgan fingerprint density at radius 1 is 1.30 bits per heavy atom. The maximum atomic E-state index is 13.5. The van der Waals surface area contributed by atoms with Crippen LogP contribution < -0.4 is 5.73 Å². The van der Waals surface area contributed by atoms with E-state index in [0.717, 1.165) is 12.1 Å². The summed E-state index contributed by atoms with van der Waals surface area (Å²) in [6.45, 7) is 0.0248. The lowest BCUT2D eigenvalue weighted by atomic mass is 10.2. The fourth-order valence-electron chi connectivity index (χ4n) is 1.70. The average molecular weight is 277 g/mol. The number of rotatable bonds is 3. The van der Waals surface area contributed by atoms with Crippen molar-refractivity contribution in [1.29, 1.82) is 0 Å². The van der Waals surface area contributed by atoms with Gasteiger partial charge in [-0.25, -0.2) is 13.8 Å². The predicted molar refractivity (Wildman–Crippen MR) is 70.8 cm³/mol. The number of aromatic nitrogens is 1. The molecule has 0 unspecified atom stereocenters. The minimum Gasteiger partial charge on any atom is -0.397 e. The number of nitrogens with zero attached hydrogens (tertiary/aromatic N) is 2. The predicted octanol–water partition coefficient (Wildman–Crippen LogP) is 2.21. The zero-order valence-electron chi connectivity index (χ0n) is 10.8. The molecule has 1 aromatic carbocycles. The first-order valence-electron chi connectivity index (χ1n) is 5.88. The van der Waals surface area contributed by atoms with Gasteiger partial charge in [0.25, 0.3) is 5.91 Å². The van der Waals surface area contributed by atoms with Crippen LogP contribution in [0.3, 0.4) is 0 Å². The van der Waals surface area contributed by atoms with Gasteiger partial charge in [0.05, 0.1) is 11.9 Å². The molecule has 0 saturated carbocycles. The number of hydrogen-bond acceptors (Lipinski definition) is 3. The van der Waals surface area contributed by atoms with E-state index in [9.17, 15) is 13.6 Å². The molecule has 0 spiro atoms. The highest BCUT2D eigenvalue weighted by atomic mass is 19.1. The summed E-state index contributed by atoms with van der Waals surface area (Å²) in [6.07, 6.45) is 1.37. The van der Waals surface area contributed by atoms with E-state index >= 15 is 0 Å². The average Bonchev–Trinajstić information content (AvgIpc) is 2.42. The van der Waals surface area contributed by atoms with Crippen molar-refractivity contribution in [2.75, 3.05) is 12.8 Å². The van der Waals surface area contributed by atoms with Gasteiger partial charge in [0.15, 0.2) is 0 Å². The zero-order chi connectivity index (χ0) is 14.7. The van der Waals surface area contributed by atoms with Crippen LogP contribution >= 0.6 is 0 Å². The van der Waals surface area contributed by atoms with E-state index in [4.69, 9.17) is 5.73 Å². The minimum atomic E-state index is -0.685. The molecule has 0 fully saturated rings. The Morgan fingerprint density at radius 3 is 2.65 bits per heavy atom. The number of benzene rings is 1. The van der Waals surface area contributed by atoms with Gasteiger partial charge in [-0.15, -0.1) is 0 Å². The Kier molecular flexibility index (Phi) is 3.93. The molecule has 104 valence electrons. The topological polar surface area (TPSA) is 59.2 Å². The van der Waals surface area contributed by atoms with Gasteiger partial charge in [0.1, 0.15) is 17.3 Å². The van der Waals surface area contributed by atoms with Crippen molar-refractivity contribution in [2.45, 2.75) is 6.54 Å². The summed E-state index contributed by atoms with van der Waals surface area (Å²) in [5.74, 6) is -1.70. The van der Waals surface area contributed by atoms with Crippen LogP contribution in [-0.2, 0) is 6.54 Å². The van der Waals surface area contributed by atoms with Crippen LogP contribution in [0.4, 0.5) is 14.5 Å². The molecule has 0 saturated heterocycles. The second-order valence-electron chi connectivity index (χ2n) is 4.37. The maximum Gasteiger partial charge on any atom is 0.272 e. The summed E-state index contributed by atoms with van der Waals surface area (Å²) in [6, 6.07) is 6.31. The van der Waals surface area contributed by atoms with Gasteiger partial charge in [0, 0.05) is 25.2 Å². The first kappa shape index (κ1) is 13.9. The lowest BCUT2D eigenvalue weighted by molar-refractivity contribution is 0.0778. The number of nitrogen functional groups attached to an aromatic ring is 1. The van der Waals surface area contributed by atoms with Gasteiger partial charge in [-0.2, -0.15) is 0 Å². The lowest BCUT2D eigenvalue weighted by Gasteiger charge is -2.17. The molecule has 2 rings (SSSR count). The fourth-order valence-corrected chi connectivity index (χ4v) is 1.70. The van der Waals surface area contributed by atoms with E-state index in [1.165, 1.54) is 30.3 Å². The zero-order valence-corrected chi connectivity index (χ0v) is 10.8. The largest absolute Gasteiger partial charge is 0.397 e. The molecule has 2 N–H and O–H groups in total.